The second kappa shape index (κ2) is 15.6. The summed E-state index contributed by atoms with van der Waals surface area (Å²) in [6.07, 6.45) is 12.0. The predicted octanol–water partition coefficient (Wildman–Crippen LogP) is 8.89. The van der Waals surface area contributed by atoms with Gasteiger partial charge in [-0.1, -0.05) is 97.1 Å². The van der Waals surface area contributed by atoms with E-state index in [2.05, 4.69) is 31.9 Å². The largest absolute Gasteiger partial charge is 0.352 e. The Morgan fingerprint density at radius 1 is 0.556 bits per heavy atom. The van der Waals surface area contributed by atoms with Gasteiger partial charge in [-0.2, -0.15) is 0 Å². The van der Waals surface area contributed by atoms with E-state index < -0.39 is 40.2 Å². The first-order valence-electron chi connectivity index (χ1n) is 20.8. The molecule has 4 aliphatic carbocycles. The van der Waals surface area contributed by atoms with Gasteiger partial charge in [0.15, 0.2) is 5.72 Å². The lowest BCUT2D eigenvalue weighted by Gasteiger charge is -2.22. The van der Waals surface area contributed by atoms with Crippen LogP contribution < -0.4 is 31.9 Å². The summed E-state index contributed by atoms with van der Waals surface area (Å²) in [5.74, 6) is -2.14. The van der Waals surface area contributed by atoms with Crippen molar-refractivity contribution in [1.29, 1.82) is 0 Å². The summed E-state index contributed by atoms with van der Waals surface area (Å²) in [5, 5.41) is 18.2. The van der Waals surface area contributed by atoms with Gasteiger partial charge in [-0.25, -0.2) is 0 Å². The fourth-order valence-corrected chi connectivity index (χ4v) is 8.63. The van der Waals surface area contributed by atoms with Crippen molar-refractivity contribution in [1.82, 2.24) is 0 Å². The molecule has 0 bridgehead atoms. The van der Waals surface area contributed by atoms with Gasteiger partial charge in [0.1, 0.15) is 6.61 Å². The van der Waals surface area contributed by atoms with E-state index in [-0.39, 0.29) is 38.2 Å². The number of carbonyl (C=O) groups is 5. The average Bonchev–Trinajstić information content (AvgIpc) is 4.22. The van der Waals surface area contributed by atoms with Gasteiger partial charge in [-0.3, -0.25) is 24.0 Å². The molecule has 3 fully saturated rings. The molecule has 1 saturated heterocycles. The fraction of sp³-hybridized carbons (Fsp3) is 0.157. The number of anilines is 6. The quantitative estimate of drug-likeness (QED) is 0.0644. The molecule has 1 heterocycles. The molecule has 2 saturated carbocycles. The highest BCUT2D eigenvalue weighted by Crippen LogP contribution is 2.61. The maximum Gasteiger partial charge on any atom is 0.255 e. The predicted molar refractivity (Wildman–Crippen MR) is 246 cm³/mol. The molecule has 10 rings (SSSR count). The minimum atomic E-state index is -1.22. The Bertz CT molecular complexity index is 2840. The van der Waals surface area contributed by atoms with Gasteiger partial charge in [0, 0.05) is 65.2 Å². The summed E-state index contributed by atoms with van der Waals surface area (Å²) in [5.41, 5.74) is 2.54. The van der Waals surface area contributed by atoms with Gasteiger partial charge in [-0.05, 0) is 91.6 Å². The van der Waals surface area contributed by atoms with E-state index in [0.717, 1.165) is 17.7 Å². The van der Waals surface area contributed by atoms with Crippen LogP contribution in [0.4, 0.5) is 34.1 Å². The molecule has 5 unspecified atom stereocenters. The fourth-order valence-electron chi connectivity index (χ4n) is 8.63. The van der Waals surface area contributed by atoms with Crippen LogP contribution in [0.3, 0.4) is 0 Å². The van der Waals surface area contributed by atoms with Crippen molar-refractivity contribution in [2.24, 2.45) is 22.7 Å². The third-order valence-corrected chi connectivity index (χ3v) is 12.3. The van der Waals surface area contributed by atoms with Crippen molar-refractivity contribution in [2.75, 3.05) is 38.5 Å². The van der Waals surface area contributed by atoms with E-state index in [4.69, 9.17) is 4.74 Å². The Labute approximate surface area is 366 Å². The van der Waals surface area contributed by atoms with E-state index in [1.807, 2.05) is 78.9 Å². The SMILES string of the molecule is O=C(Nc1cccc(NC(=O)c2ccccc2)c1)C1=CC2(C(=O)Nc3cccc(NC(=O)C45C=CC=CC4C5)c3)CC2C(C(=O)Nc2cccc(NC3(c4ccccc4)CO3)c2)=C1.[HH].[HH]. The highest BCUT2D eigenvalue weighted by molar-refractivity contribution is 6.14. The number of ether oxygens (including phenoxy) is 1. The third kappa shape index (κ3) is 7.84. The zero-order valence-electron chi connectivity index (χ0n) is 33.9. The van der Waals surface area contributed by atoms with Crippen molar-refractivity contribution >= 4 is 63.7 Å². The summed E-state index contributed by atoms with van der Waals surface area (Å²) >= 11 is 0. The number of rotatable bonds is 13. The second-order valence-corrected chi connectivity index (χ2v) is 16.6. The van der Waals surface area contributed by atoms with E-state index in [1.165, 1.54) is 6.08 Å². The molecule has 5 atom stereocenters. The number of hydrogen-bond donors (Lipinski definition) is 6. The first-order valence-corrected chi connectivity index (χ1v) is 20.8. The van der Waals surface area contributed by atoms with Crippen LogP contribution in [0.25, 0.3) is 0 Å². The molecule has 5 amide bonds. The summed E-state index contributed by atoms with van der Waals surface area (Å²) in [6.45, 7) is 0.492. The van der Waals surface area contributed by atoms with Gasteiger partial charge >= 0.3 is 0 Å². The lowest BCUT2D eigenvalue weighted by atomic mass is 9.88. The first kappa shape index (κ1) is 39.3. The zero-order valence-corrected chi connectivity index (χ0v) is 33.9. The second-order valence-electron chi connectivity index (χ2n) is 16.6. The maximum atomic E-state index is 14.4. The number of nitrogens with one attached hydrogen (secondary N) is 6. The van der Waals surface area contributed by atoms with Crippen LogP contribution in [0, 0.1) is 22.7 Å². The van der Waals surface area contributed by atoms with Gasteiger partial charge in [0.05, 0.1) is 10.8 Å². The van der Waals surface area contributed by atoms with Gasteiger partial charge in [0.2, 0.25) is 11.8 Å². The number of amides is 5. The molecule has 0 aromatic heterocycles. The van der Waals surface area contributed by atoms with Crippen molar-refractivity contribution in [2.45, 2.75) is 18.6 Å². The van der Waals surface area contributed by atoms with Crippen LogP contribution in [-0.4, -0.2) is 36.1 Å². The molecule has 316 valence electrons. The van der Waals surface area contributed by atoms with Crippen LogP contribution in [0.15, 0.2) is 181 Å². The van der Waals surface area contributed by atoms with Crippen molar-refractivity contribution in [3.05, 3.63) is 192 Å². The Balaban J connectivity index is 0.00000288. The molecule has 6 N–H and O–H groups in total. The monoisotopic (exact) mass is 838 g/mol. The number of carbonyl (C=O) groups excluding carboxylic acids is 5. The minimum Gasteiger partial charge on any atom is -0.352 e. The van der Waals surface area contributed by atoms with E-state index in [1.54, 1.807) is 84.9 Å². The number of benzene rings is 5. The van der Waals surface area contributed by atoms with E-state index >= 15 is 0 Å². The van der Waals surface area contributed by atoms with Crippen molar-refractivity contribution in [3.8, 4) is 0 Å². The Hall–Kier alpha value is -7.83. The van der Waals surface area contributed by atoms with Gasteiger partial charge in [0.25, 0.3) is 17.7 Å². The summed E-state index contributed by atoms with van der Waals surface area (Å²) in [7, 11) is 0. The molecule has 0 radical (unpaired) electrons. The molecule has 5 aromatic carbocycles. The topological polar surface area (TPSA) is 170 Å². The summed E-state index contributed by atoms with van der Waals surface area (Å²) in [4.78, 5) is 68.9. The van der Waals surface area contributed by atoms with Crippen LogP contribution in [0.2, 0.25) is 0 Å². The number of fused-ring (bicyclic) bond motifs is 2. The Morgan fingerprint density at radius 3 is 1.71 bits per heavy atom. The Morgan fingerprint density at radius 2 is 1.10 bits per heavy atom. The summed E-state index contributed by atoms with van der Waals surface area (Å²) in [6, 6.07) is 39.6. The van der Waals surface area contributed by atoms with Crippen LogP contribution >= 0.6 is 0 Å². The lowest BCUT2D eigenvalue weighted by Crippen LogP contribution is -2.31. The van der Waals surface area contributed by atoms with Crippen molar-refractivity contribution < 1.29 is 31.6 Å². The molecule has 63 heavy (non-hydrogen) atoms. The Kier molecular flexibility index (Phi) is 9.72. The third-order valence-electron chi connectivity index (χ3n) is 12.3. The normalized spacial score (nSPS) is 24.2. The molecular weight excluding hydrogens is 793 g/mol. The van der Waals surface area contributed by atoms with Gasteiger partial charge in [-0.15, -0.1) is 0 Å². The highest BCUT2D eigenvalue weighted by Gasteiger charge is 2.63. The molecule has 1 aliphatic heterocycles. The highest BCUT2D eigenvalue weighted by atomic mass is 16.6. The maximum absolute atomic E-state index is 14.4. The molecule has 0 spiro atoms. The lowest BCUT2D eigenvalue weighted by molar-refractivity contribution is -0.120. The van der Waals surface area contributed by atoms with Crippen LogP contribution in [0.1, 0.15) is 31.6 Å². The summed E-state index contributed by atoms with van der Waals surface area (Å²) < 4.78 is 5.84. The number of epoxide rings is 1. The first-order chi connectivity index (χ1) is 30.6. The standard InChI is InChI=1S/C51H42N6O6.2H2/c58-44(32-12-3-1-4-13-32)52-36-17-9-18-37(25-36)53-45(59)33-24-42(46(60)54-38-19-11-22-41(27-38)57-51(31-63-51)34-14-5-2-6-15-34)43-30-50(43,28-33)48(62)56-40-21-10-20-39(26-40)55-47(61)49-23-8-7-16-35(49)29-49;;/h1-28,35,43,57H,29-31H2,(H,52,58)(H,53,59)(H,54,60)(H,55,61)(H,56,62);2*1H. The molecule has 12 heteroatoms. The number of hydrogen-bond acceptors (Lipinski definition) is 7. The van der Waals surface area contributed by atoms with Gasteiger partial charge < -0.3 is 36.6 Å². The molecule has 5 aliphatic rings. The van der Waals surface area contributed by atoms with Crippen LogP contribution in [-0.2, 0) is 29.6 Å². The number of allylic oxidation sites excluding steroid dienone is 3. The minimum absolute atomic E-state index is 0. The molecular formula is C51H46N6O6. The molecule has 5 aromatic rings. The zero-order chi connectivity index (χ0) is 43.2. The van der Waals surface area contributed by atoms with Crippen molar-refractivity contribution in [3.63, 3.8) is 0 Å². The van der Waals surface area contributed by atoms with Crippen LogP contribution in [0.5, 0.6) is 0 Å². The molecule has 12 nitrogen and oxygen atoms in total. The van der Waals surface area contributed by atoms with E-state index in [9.17, 15) is 24.0 Å². The smallest absolute Gasteiger partial charge is 0.255 e. The van der Waals surface area contributed by atoms with E-state index in [0.29, 0.717) is 40.6 Å². The average molecular weight is 839 g/mol.